The lowest BCUT2D eigenvalue weighted by Gasteiger charge is -2.36. The summed E-state index contributed by atoms with van der Waals surface area (Å²) >= 11 is 0. The molecule has 0 N–H and O–H groups in total. The second kappa shape index (κ2) is 16.8. The first-order valence-corrected chi connectivity index (χ1v) is 20.0. The van der Waals surface area contributed by atoms with Gasteiger partial charge in [-0.15, -0.1) is 0 Å². The van der Waals surface area contributed by atoms with Crippen LogP contribution in [0.1, 0.15) is 146 Å². The zero-order valence-corrected chi connectivity index (χ0v) is 35.0. The number of esters is 2. The van der Waals surface area contributed by atoms with Gasteiger partial charge in [0.15, 0.2) is 0 Å². The van der Waals surface area contributed by atoms with E-state index in [0.29, 0.717) is 16.9 Å². The van der Waals surface area contributed by atoms with Crippen molar-refractivity contribution in [2.75, 3.05) is 0 Å². The molecule has 4 nitrogen and oxygen atoms in total. The summed E-state index contributed by atoms with van der Waals surface area (Å²) in [6.07, 6.45) is 5.16. The lowest BCUT2D eigenvalue weighted by molar-refractivity contribution is -0.00474. The molecule has 5 aromatic rings. The van der Waals surface area contributed by atoms with Gasteiger partial charge in [-0.05, 0) is 153 Å². The molecular weight excluding hydrogens is 677 g/mol. The van der Waals surface area contributed by atoms with E-state index >= 15 is 0 Å². The number of rotatable bonds is 14. The van der Waals surface area contributed by atoms with Crippen molar-refractivity contribution in [3.05, 3.63) is 159 Å². The van der Waals surface area contributed by atoms with Crippen LogP contribution in [0.4, 0.5) is 0 Å². The van der Waals surface area contributed by atoms with Crippen LogP contribution in [0.2, 0.25) is 0 Å². The highest BCUT2D eigenvalue weighted by atomic mass is 16.6. The smallest absolute Gasteiger partial charge is 0.343 e. The van der Waals surface area contributed by atoms with Gasteiger partial charge in [0.2, 0.25) is 0 Å². The Kier molecular flexibility index (Phi) is 12.6. The van der Waals surface area contributed by atoms with Crippen molar-refractivity contribution in [2.24, 2.45) is 0 Å². The number of ether oxygens (including phenoxy) is 2. The molecule has 0 aliphatic heterocycles. The first-order chi connectivity index (χ1) is 26.1. The topological polar surface area (TPSA) is 52.6 Å². The third-order valence-corrected chi connectivity index (χ3v) is 11.7. The van der Waals surface area contributed by atoms with Crippen molar-refractivity contribution in [1.29, 1.82) is 0 Å². The number of aryl methyl sites for hydroxylation is 4. The van der Waals surface area contributed by atoms with E-state index in [9.17, 15) is 9.59 Å². The first kappa shape index (κ1) is 41.2. The van der Waals surface area contributed by atoms with Gasteiger partial charge < -0.3 is 9.47 Å². The molecule has 0 spiro atoms. The molecule has 0 amide bonds. The number of benzene rings is 5. The molecule has 0 saturated heterocycles. The van der Waals surface area contributed by atoms with E-state index in [4.69, 9.17) is 9.47 Å². The van der Waals surface area contributed by atoms with Gasteiger partial charge in [-0.25, -0.2) is 9.59 Å². The Morgan fingerprint density at radius 3 is 1.45 bits per heavy atom. The SMILES string of the molecule is CCCC(C)(C)OC(=O)c1ccc(-c2ccc(C(=O)Oc3c(C)cc(C(C)(c4ccccc4)c4cc(C)c(C(C)(CC)CCC)c(C)c4)cc3C)cc2)cc1. The maximum atomic E-state index is 13.6. The third kappa shape index (κ3) is 8.80. The Hall–Kier alpha value is -4.96. The van der Waals surface area contributed by atoms with Gasteiger partial charge >= 0.3 is 11.9 Å². The molecule has 55 heavy (non-hydrogen) atoms. The molecule has 5 rings (SSSR count). The number of hydrogen-bond acceptors (Lipinski definition) is 4. The van der Waals surface area contributed by atoms with Crippen LogP contribution < -0.4 is 4.74 Å². The van der Waals surface area contributed by atoms with Crippen LogP contribution in [-0.2, 0) is 15.6 Å². The fraction of sp³-hybridized carbons (Fsp3) is 0.373. The molecule has 0 aromatic heterocycles. The largest absolute Gasteiger partial charge is 0.456 e. The summed E-state index contributed by atoms with van der Waals surface area (Å²) in [4.78, 5) is 26.3. The average molecular weight is 737 g/mol. The standard InChI is InChI=1S/C51H60O4/c1-12-28-49(8,9)55-48(53)41-26-22-39(23-27-41)38-20-24-40(25-21-38)47(52)54-46-36(6)32-44(33-37(46)7)51(11,42-18-16-15-17-19-42)43-30-34(4)45(35(5)31-43)50(10,14-3)29-13-2/h15-27,30-33H,12-14,28-29H2,1-11H3. The van der Waals surface area contributed by atoms with E-state index in [2.05, 4.69) is 103 Å². The van der Waals surface area contributed by atoms with Crippen molar-refractivity contribution in [3.8, 4) is 16.9 Å². The van der Waals surface area contributed by atoms with Crippen molar-refractivity contribution in [1.82, 2.24) is 0 Å². The van der Waals surface area contributed by atoms with Crippen LogP contribution in [0.25, 0.3) is 11.1 Å². The predicted molar refractivity (Wildman–Crippen MR) is 228 cm³/mol. The minimum Gasteiger partial charge on any atom is -0.456 e. The Balaban J connectivity index is 1.41. The summed E-state index contributed by atoms with van der Waals surface area (Å²) in [6, 6.07) is 34.6. The third-order valence-electron chi connectivity index (χ3n) is 11.7. The van der Waals surface area contributed by atoms with Crippen LogP contribution in [-0.4, -0.2) is 17.5 Å². The predicted octanol–water partition coefficient (Wildman–Crippen LogP) is 13.4. The number of carbonyl (C=O) groups is 2. The Morgan fingerprint density at radius 1 is 0.545 bits per heavy atom. The second-order valence-corrected chi connectivity index (χ2v) is 16.5. The molecule has 0 radical (unpaired) electrons. The van der Waals surface area contributed by atoms with Gasteiger partial charge in [0.1, 0.15) is 11.4 Å². The van der Waals surface area contributed by atoms with Gasteiger partial charge in [-0.2, -0.15) is 0 Å². The van der Waals surface area contributed by atoms with Crippen LogP contribution >= 0.6 is 0 Å². The number of carbonyl (C=O) groups excluding carboxylic acids is 2. The number of hydrogen-bond donors (Lipinski definition) is 0. The molecule has 5 aromatic carbocycles. The molecule has 288 valence electrons. The maximum Gasteiger partial charge on any atom is 0.343 e. The van der Waals surface area contributed by atoms with Crippen molar-refractivity contribution < 1.29 is 19.1 Å². The summed E-state index contributed by atoms with van der Waals surface area (Å²) < 4.78 is 11.8. The summed E-state index contributed by atoms with van der Waals surface area (Å²) in [5.41, 5.74) is 11.6. The van der Waals surface area contributed by atoms with E-state index < -0.39 is 17.0 Å². The van der Waals surface area contributed by atoms with E-state index in [0.717, 1.165) is 59.9 Å². The monoisotopic (exact) mass is 736 g/mol. The van der Waals surface area contributed by atoms with E-state index in [1.165, 1.54) is 27.8 Å². The van der Waals surface area contributed by atoms with Crippen molar-refractivity contribution in [3.63, 3.8) is 0 Å². The molecular formula is C51H60O4. The van der Waals surface area contributed by atoms with Gasteiger partial charge in [0.25, 0.3) is 0 Å². The minimum atomic E-state index is -0.507. The Bertz CT molecular complexity index is 2080. The molecule has 0 aliphatic carbocycles. The molecule has 0 fully saturated rings. The van der Waals surface area contributed by atoms with E-state index in [1.807, 2.05) is 52.0 Å². The molecule has 0 heterocycles. The Morgan fingerprint density at radius 2 is 1.00 bits per heavy atom. The quantitative estimate of drug-likeness (QED) is 0.0647. The fourth-order valence-corrected chi connectivity index (χ4v) is 8.62. The van der Waals surface area contributed by atoms with E-state index in [1.54, 1.807) is 24.3 Å². The van der Waals surface area contributed by atoms with Crippen LogP contribution in [0.5, 0.6) is 5.75 Å². The summed E-state index contributed by atoms with van der Waals surface area (Å²) in [5.74, 6) is -0.150. The fourth-order valence-electron chi connectivity index (χ4n) is 8.62. The van der Waals surface area contributed by atoms with Gasteiger partial charge in [-0.1, -0.05) is 119 Å². The molecule has 2 unspecified atom stereocenters. The average Bonchev–Trinajstić information content (AvgIpc) is 3.15. The molecule has 0 bridgehead atoms. The van der Waals surface area contributed by atoms with Crippen molar-refractivity contribution in [2.45, 2.75) is 125 Å². The summed E-state index contributed by atoms with van der Waals surface area (Å²) in [6.45, 7) is 23.9. The first-order valence-electron chi connectivity index (χ1n) is 20.0. The highest BCUT2D eigenvalue weighted by Crippen LogP contribution is 2.45. The zero-order chi connectivity index (χ0) is 40.1. The van der Waals surface area contributed by atoms with Crippen LogP contribution in [0, 0.1) is 27.7 Å². The lowest BCUT2D eigenvalue weighted by Crippen LogP contribution is -2.28. The normalized spacial score (nSPS) is 13.8. The zero-order valence-electron chi connectivity index (χ0n) is 35.0. The van der Waals surface area contributed by atoms with Gasteiger partial charge in [0.05, 0.1) is 11.1 Å². The summed E-state index contributed by atoms with van der Waals surface area (Å²) in [5, 5.41) is 0. The molecule has 0 saturated carbocycles. The maximum absolute atomic E-state index is 13.6. The van der Waals surface area contributed by atoms with E-state index in [-0.39, 0.29) is 11.4 Å². The lowest BCUT2D eigenvalue weighted by atomic mass is 9.67. The van der Waals surface area contributed by atoms with Gasteiger partial charge in [-0.3, -0.25) is 0 Å². The summed E-state index contributed by atoms with van der Waals surface area (Å²) in [7, 11) is 0. The van der Waals surface area contributed by atoms with Crippen LogP contribution in [0.15, 0.2) is 103 Å². The highest BCUT2D eigenvalue weighted by Gasteiger charge is 2.35. The van der Waals surface area contributed by atoms with Crippen molar-refractivity contribution >= 4 is 11.9 Å². The highest BCUT2D eigenvalue weighted by molar-refractivity contribution is 5.92. The van der Waals surface area contributed by atoms with Crippen LogP contribution in [0.3, 0.4) is 0 Å². The second-order valence-electron chi connectivity index (χ2n) is 16.5. The Labute approximate surface area is 330 Å². The molecule has 2 atom stereocenters. The van der Waals surface area contributed by atoms with Gasteiger partial charge in [0, 0.05) is 5.41 Å². The molecule has 4 heteroatoms. The minimum absolute atomic E-state index is 0.137. The molecule has 0 aliphatic rings.